The van der Waals surface area contributed by atoms with Gasteiger partial charge < -0.3 is 69.7 Å². The number of fused-ring (bicyclic) bond motifs is 1. The average Bonchev–Trinajstić information content (AvgIpc) is 4.00. The average molecular weight is 982 g/mol. The zero-order valence-corrected chi connectivity index (χ0v) is 39.5. The highest BCUT2D eigenvalue weighted by Gasteiger charge is 2.35. The number of carbonyl (C=O) groups excluding carboxylic acids is 9. The zero-order chi connectivity index (χ0) is 51.5. The van der Waals surface area contributed by atoms with Gasteiger partial charge in [-0.2, -0.15) is 0 Å². The lowest BCUT2D eigenvalue weighted by Crippen LogP contribution is -2.60. The number of imidazole rings is 1. The maximum atomic E-state index is 14.4. The molecule has 2 aromatic carbocycles. The molecule has 5 rings (SSSR count). The first-order valence-electron chi connectivity index (χ1n) is 23.2. The first-order valence-corrected chi connectivity index (χ1v) is 23.2. The fraction of sp³-hybridized carbons (Fsp3) is 0.426. The van der Waals surface area contributed by atoms with Gasteiger partial charge in [0, 0.05) is 68.3 Å². The van der Waals surface area contributed by atoms with Crippen LogP contribution in [0, 0.1) is 0 Å². The third-order valence-corrected chi connectivity index (χ3v) is 11.6. The molecule has 0 spiro atoms. The molecule has 1 saturated heterocycles. The van der Waals surface area contributed by atoms with Crippen molar-refractivity contribution < 1.29 is 43.2 Å². The number of carbonyl (C=O) groups is 9. The van der Waals surface area contributed by atoms with E-state index in [9.17, 15) is 43.2 Å². The highest BCUT2D eigenvalue weighted by Crippen LogP contribution is 2.20. The molecule has 380 valence electrons. The predicted molar refractivity (Wildman–Crippen MR) is 260 cm³/mol. The molecule has 71 heavy (non-hydrogen) atoms. The molecule has 0 saturated carbocycles. The molecule has 0 radical (unpaired) electrons. The van der Waals surface area contributed by atoms with E-state index >= 15 is 0 Å². The van der Waals surface area contributed by atoms with Gasteiger partial charge in [-0.25, -0.2) is 4.98 Å². The van der Waals surface area contributed by atoms with E-state index in [1.807, 2.05) is 24.3 Å². The number of aromatic amines is 2. The summed E-state index contributed by atoms with van der Waals surface area (Å²) in [6.45, 7) is 2.75. The first-order chi connectivity index (χ1) is 34.0. The van der Waals surface area contributed by atoms with Gasteiger partial charge >= 0.3 is 0 Å². The van der Waals surface area contributed by atoms with E-state index in [-0.39, 0.29) is 70.4 Å². The molecule has 16 N–H and O–H groups in total. The second kappa shape index (κ2) is 26.4. The molecule has 1 fully saturated rings. The second-order valence-electron chi connectivity index (χ2n) is 17.2. The zero-order valence-electron chi connectivity index (χ0n) is 39.5. The van der Waals surface area contributed by atoms with Crippen LogP contribution in [-0.4, -0.2) is 129 Å². The number of primary amides is 1. The van der Waals surface area contributed by atoms with Gasteiger partial charge in [-0.05, 0) is 56.2 Å². The molecular weight excluding hydrogens is 919 g/mol. The molecule has 24 nitrogen and oxygen atoms in total. The number of hydrogen-bond donors (Lipinski definition) is 13. The van der Waals surface area contributed by atoms with E-state index in [1.165, 1.54) is 26.4 Å². The predicted octanol–water partition coefficient (Wildman–Crippen LogP) is -2.42. The van der Waals surface area contributed by atoms with Gasteiger partial charge in [-0.15, -0.1) is 0 Å². The summed E-state index contributed by atoms with van der Waals surface area (Å²) in [6.07, 6.45) is 4.42. The Morgan fingerprint density at radius 1 is 0.775 bits per heavy atom. The first kappa shape index (κ1) is 53.6. The number of guanidine groups is 1. The summed E-state index contributed by atoms with van der Waals surface area (Å²) < 4.78 is 0. The van der Waals surface area contributed by atoms with Crippen LogP contribution in [0.4, 0.5) is 0 Å². The van der Waals surface area contributed by atoms with Crippen LogP contribution in [0.1, 0.15) is 69.2 Å². The maximum absolute atomic E-state index is 14.4. The van der Waals surface area contributed by atoms with Crippen molar-refractivity contribution in [2.75, 3.05) is 13.1 Å². The van der Waals surface area contributed by atoms with Gasteiger partial charge in [0.2, 0.25) is 53.2 Å². The topological polar surface area (TPSA) is 385 Å². The maximum Gasteiger partial charge on any atom is 0.243 e. The van der Waals surface area contributed by atoms with E-state index in [2.05, 4.69) is 62.5 Å². The van der Waals surface area contributed by atoms with Gasteiger partial charge in [-0.3, -0.25) is 48.1 Å². The van der Waals surface area contributed by atoms with E-state index in [0.717, 1.165) is 10.9 Å². The van der Waals surface area contributed by atoms with Gasteiger partial charge in [0.15, 0.2) is 5.96 Å². The van der Waals surface area contributed by atoms with Crippen LogP contribution in [0.3, 0.4) is 0 Å². The summed E-state index contributed by atoms with van der Waals surface area (Å²) in [7, 11) is 0. The van der Waals surface area contributed by atoms with Crippen molar-refractivity contribution in [3.63, 3.8) is 0 Å². The van der Waals surface area contributed by atoms with Crippen molar-refractivity contribution in [1.82, 2.24) is 57.5 Å². The number of hydrogen-bond acceptors (Lipinski definition) is 11. The minimum Gasteiger partial charge on any atom is -0.370 e. The molecule has 9 amide bonds. The molecule has 1 aliphatic rings. The van der Waals surface area contributed by atoms with Crippen LogP contribution in [0.5, 0.6) is 0 Å². The normalized spacial score (nSPS) is 21.7. The van der Waals surface area contributed by atoms with Gasteiger partial charge in [0.1, 0.15) is 42.3 Å². The molecule has 7 atom stereocenters. The van der Waals surface area contributed by atoms with Gasteiger partial charge in [0.25, 0.3) is 0 Å². The minimum absolute atomic E-state index is 0.0231. The lowest BCUT2D eigenvalue weighted by molar-refractivity contribution is -0.136. The molecule has 3 heterocycles. The number of nitrogens with two attached hydrogens (primary N) is 3. The molecule has 0 bridgehead atoms. The van der Waals surface area contributed by atoms with Gasteiger partial charge in [0.05, 0.1) is 12.7 Å². The van der Waals surface area contributed by atoms with E-state index in [4.69, 9.17) is 17.2 Å². The number of benzene rings is 2. The van der Waals surface area contributed by atoms with Gasteiger partial charge in [-0.1, -0.05) is 48.5 Å². The number of nitrogens with one attached hydrogen (secondary N) is 10. The Morgan fingerprint density at radius 2 is 1.44 bits per heavy atom. The molecular formula is C47H63N15O9. The largest absolute Gasteiger partial charge is 0.370 e. The second-order valence-corrected chi connectivity index (χ2v) is 17.2. The van der Waals surface area contributed by atoms with Crippen molar-refractivity contribution in [1.29, 1.82) is 0 Å². The van der Waals surface area contributed by atoms with Crippen molar-refractivity contribution in [2.45, 2.75) is 114 Å². The van der Waals surface area contributed by atoms with Crippen LogP contribution in [0.25, 0.3) is 10.9 Å². The molecule has 0 aliphatic carbocycles. The lowest BCUT2D eigenvalue weighted by atomic mass is 10.0. The fourth-order valence-corrected chi connectivity index (χ4v) is 7.85. The third kappa shape index (κ3) is 17.0. The monoisotopic (exact) mass is 981 g/mol. The van der Waals surface area contributed by atoms with Crippen molar-refractivity contribution in [2.24, 2.45) is 22.2 Å². The highest BCUT2D eigenvalue weighted by atomic mass is 16.2. The Bertz CT molecular complexity index is 2530. The number of H-pyrrole nitrogens is 2. The number of para-hydroxylation sites is 1. The van der Waals surface area contributed by atoms with Crippen molar-refractivity contribution in [3.8, 4) is 0 Å². The van der Waals surface area contributed by atoms with E-state index < -0.39 is 102 Å². The Hall–Kier alpha value is -8.31. The Morgan fingerprint density at radius 3 is 2.14 bits per heavy atom. The van der Waals surface area contributed by atoms with Crippen LogP contribution in [-0.2, 0) is 62.4 Å². The standard InChI is InChI=1S/C47H63N15O9/c1-26-41(66)59-36(20-29-23-54-32-14-7-6-13-31(29)32)44(69)58-33(40(48)65)15-8-9-17-52-39(64)22-38(62-42(67)34(57-27(2)63)16-10-18-53-47(49)50)46(71)61-37(21-30-24-51-25-55-30)45(70)60-35(43(68)56-26)19-28-11-4-3-5-12-28/h3-7,11-14,23-26,33-38,54H,8-10,15-22H2,1-2H3,(H2,48,65)(H,51,55)(H,52,64)(H,56,68)(H,57,63)(H,58,69)(H,59,66)(H,60,70)(H,61,71)(H,62,67)(H4,49,50,53)/t26-,33?,34-,35+,36-,37-,38-/m0/s1. The summed E-state index contributed by atoms with van der Waals surface area (Å²) in [4.78, 5) is 137. The van der Waals surface area contributed by atoms with E-state index in [0.29, 0.717) is 16.8 Å². The highest BCUT2D eigenvalue weighted by molar-refractivity contribution is 5.99. The number of aliphatic imine (C=N–C) groups is 1. The summed E-state index contributed by atoms with van der Waals surface area (Å²) in [5, 5.41) is 21.9. The lowest BCUT2D eigenvalue weighted by Gasteiger charge is -2.27. The molecule has 1 aliphatic heterocycles. The molecule has 1 unspecified atom stereocenters. The van der Waals surface area contributed by atoms with Crippen molar-refractivity contribution in [3.05, 3.63) is 90.1 Å². The number of rotatable bonds is 14. The minimum atomic E-state index is -1.62. The Balaban J connectivity index is 1.48. The van der Waals surface area contributed by atoms with Crippen molar-refractivity contribution >= 4 is 70.0 Å². The Kier molecular flexibility index (Phi) is 20.0. The summed E-state index contributed by atoms with van der Waals surface area (Å²) in [5.41, 5.74) is 19.1. The summed E-state index contributed by atoms with van der Waals surface area (Å²) in [6, 6.07) is 6.68. The molecule has 4 aromatic rings. The molecule has 2 aromatic heterocycles. The SMILES string of the molecule is CC(=O)N[C@@H](CCCN=C(N)N)C(=O)N[C@H]1CC(=O)NCCCCC(C(N)=O)NC(=O)[C@H](Cc2c[nH]c3ccccc23)NC(=O)[C@H](C)NC(=O)[C@@H](Cc2ccccc2)NC(=O)[C@H](Cc2cnc[nH]2)NC1=O. The summed E-state index contributed by atoms with van der Waals surface area (Å²) >= 11 is 0. The van der Waals surface area contributed by atoms with Crippen LogP contribution < -0.4 is 59.7 Å². The molecule has 24 heteroatoms. The van der Waals surface area contributed by atoms with Crippen LogP contribution >= 0.6 is 0 Å². The van der Waals surface area contributed by atoms with Crippen LogP contribution in [0.2, 0.25) is 0 Å². The third-order valence-electron chi connectivity index (χ3n) is 11.6. The Labute approximate surface area is 409 Å². The summed E-state index contributed by atoms with van der Waals surface area (Å²) in [5.74, 6) is -7.21. The number of aromatic nitrogens is 3. The van der Waals surface area contributed by atoms with E-state index in [1.54, 1.807) is 36.5 Å². The quantitative estimate of drug-likeness (QED) is 0.0357. The van der Waals surface area contributed by atoms with Crippen LogP contribution in [0.15, 0.2) is 78.3 Å². The fourth-order valence-electron chi connectivity index (χ4n) is 7.85. The number of amides is 9. The smallest absolute Gasteiger partial charge is 0.243 e. The number of nitrogens with zero attached hydrogens (tertiary/aromatic N) is 2.